The maximum absolute atomic E-state index is 12.4. The molecule has 0 aromatic heterocycles. The minimum Gasteiger partial charge on any atom is -0.508 e. The van der Waals surface area contributed by atoms with Crippen molar-refractivity contribution in [2.45, 2.75) is 37.8 Å². The van der Waals surface area contributed by atoms with Crippen molar-refractivity contribution in [1.29, 1.82) is 0 Å². The second-order valence-corrected chi connectivity index (χ2v) is 5.36. The summed E-state index contributed by atoms with van der Waals surface area (Å²) < 4.78 is 0. The monoisotopic (exact) mass is 292 g/mol. The fourth-order valence-electron chi connectivity index (χ4n) is 2.64. The van der Waals surface area contributed by atoms with Crippen molar-refractivity contribution < 1.29 is 19.8 Å². The van der Waals surface area contributed by atoms with Gasteiger partial charge in [-0.3, -0.25) is 4.79 Å². The molecule has 0 aliphatic carbocycles. The summed E-state index contributed by atoms with van der Waals surface area (Å²) in [4.78, 5) is 25.0. The molecule has 0 spiro atoms. The molecule has 0 saturated carbocycles. The van der Waals surface area contributed by atoms with Crippen molar-refractivity contribution in [2.24, 2.45) is 5.73 Å². The first-order valence-electron chi connectivity index (χ1n) is 7.06. The van der Waals surface area contributed by atoms with Gasteiger partial charge in [0, 0.05) is 6.54 Å². The highest BCUT2D eigenvalue weighted by atomic mass is 16.4. The molecule has 1 unspecified atom stereocenters. The molecule has 114 valence electrons. The molecule has 21 heavy (non-hydrogen) atoms. The number of hydrogen-bond donors (Lipinski definition) is 3. The van der Waals surface area contributed by atoms with Crippen LogP contribution in [0.4, 0.5) is 0 Å². The van der Waals surface area contributed by atoms with Gasteiger partial charge in [-0.2, -0.15) is 0 Å². The second-order valence-electron chi connectivity index (χ2n) is 5.36. The summed E-state index contributed by atoms with van der Waals surface area (Å²) in [5.41, 5.74) is 6.76. The molecule has 0 bridgehead atoms. The van der Waals surface area contributed by atoms with E-state index >= 15 is 0 Å². The quantitative estimate of drug-likeness (QED) is 0.759. The number of aromatic hydroxyl groups is 1. The number of amides is 1. The van der Waals surface area contributed by atoms with E-state index in [1.54, 1.807) is 12.1 Å². The molecular formula is C15H20N2O4. The van der Waals surface area contributed by atoms with Crippen molar-refractivity contribution in [3.63, 3.8) is 0 Å². The van der Waals surface area contributed by atoms with Gasteiger partial charge in [-0.15, -0.1) is 0 Å². The zero-order valence-electron chi connectivity index (χ0n) is 11.7. The van der Waals surface area contributed by atoms with Gasteiger partial charge in [-0.05, 0) is 43.4 Å². The van der Waals surface area contributed by atoms with E-state index in [2.05, 4.69) is 0 Å². The Morgan fingerprint density at radius 1 is 1.29 bits per heavy atom. The zero-order valence-corrected chi connectivity index (χ0v) is 11.7. The van der Waals surface area contributed by atoms with Crippen LogP contribution >= 0.6 is 0 Å². The number of nitrogens with zero attached hydrogens (tertiary/aromatic N) is 1. The number of carboxylic acid groups (broad SMARTS) is 1. The number of phenolic OH excluding ortho intramolecular Hbond substituents is 1. The molecule has 1 heterocycles. The molecule has 1 amide bonds. The Balaban J connectivity index is 2.03. The van der Waals surface area contributed by atoms with Crippen LogP contribution in [0.1, 0.15) is 24.8 Å². The maximum atomic E-state index is 12.4. The van der Waals surface area contributed by atoms with Crippen LogP contribution in [-0.4, -0.2) is 45.6 Å². The Hall–Kier alpha value is -2.08. The lowest BCUT2D eigenvalue weighted by molar-refractivity contribution is -0.152. The molecule has 2 rings (SSSR count). The van der Waals surface area contributed by atoms with E-state index in [9.17, 15) is 19.8 Å². The Labute approximate surface area is 123 Å². The SMILES string of the molecule is NC(Cc1ccc(O)cc1)C(=O)N1CCCC[C@@H]1C(=O)O. The smallest absolute Gasteiger partial charge is 0.326 e. The fourth-order valence-corrected chi connectivity index (χ4v) is 2.64. The molecule has 1 aliphatic heterocycles. The predicted octanol–water partition coefficient (Wildman–Crippen LogP) is 0.728. The van der Waals surface area contributed by atoms with Crippen LogP contribution in [-0.2, 0) is 16.0 Å². The number of piperidine rings is 1. The van der Waals surface area contributed by atoms with Crippen molar-refractivity contribution in [1.82, 2.24) is 4.90 Å². The number of hydrogen-bond acceptors (Lipinski definition) is 4. The Morgan fingerprint density at radius 2 is 1.95 bits per heavy atom. The van der Waals surface area contributed by atoms with E-state index in [0.717, 1.165) is 18.4 Å². The molecule has 6 nitrogen and oxygen atoms in total. The van der Waals surface area contributed by atoms with Crippen molar-refractivity contribution >= 4 is 11.9 Å². The number of carbonyl (C=O) groups is 2. The minimum absolute atomic E-state index is 0.153. The first-order valence-corrected chi connectivity index (χ1v) is 7.06. The van der Waals surface area contributed by atoms with Crippen LogP contribution in [0.3, 0.4) is 0 Å². The summed E-state index contributed by atoms with van der Waals surface area (Å²) in [5.74, 6) is -1.14. The van der Waals surface area contributed by atoms with Crippen molar-refractivity contribution in [3.05, 3.63) is 29.8 Å². The molecule has 1 aliphatic rings. The highest BCUT2D eigenvalue weighted by Crippen LogP contribution is 2.19. The highest BCUT2D eigenvalue weighted by molar-refractivity contribution is 5.87. The van der Waals surface area contributed by atoms with E-state index < -0.39 is 18.1 Å². The number of benzene rings is 1. The van der Waals surface area contributed by atoms with Gasteiger partial charge >= 0.3 is 5.97 Å². The summed E-state index contributed by atoms with van der Waals surface area (Å²) in [6.45, 7) is 0.444. The normalized spacial score (nSPS) is 20.0. The number of rotatable bonds is 4. The summed E-state index contributed by atoms with van der Waals surface area (Å²) in [6, 6.07) is 4.94. The van der Waals surface area contributed by atoms with Crippen LogP contribution < -0.4 is 5.73 Å². The molecule has 1 aromatic carbocycles. The van der Waals surface area contributed by atoms with E-state index in [0.29, 0.717) is 19.4 Å². The number of likely N-dealkylation sites (tertiary alicyclic amines) is 1. The number of carboxylic acids is 1. The zero-order chi connectivity index (χ0) is 15.4. The number of phenols is 1. The molecule has 6 heteroatoms. The van der Waals surface area contributed by atoms with Crippen LogP contribution in [0.2, 0.25) is 0 Å². The molecule has 1 aromatic rings. The Bertz CT molecular complexity index is 515. The van der Waals surface area contributed by atoms with Crippen LogP contribution in [0.25, 0.3) is 0 Å². The van der Waals surface area contributed by atoms with E-state index in [1.807, 2.05) is 0 Å². The van der Waals surface area contributed by atoms with E-state index in [-0.39, 0.29) is 11.7 Å². The third-order valence-corrected chi connectivity index (χ3v) is 3.78. The second kappa shape index (κ2) is 6.58. The molecule has 4 N–H and O–H groups in total. The van der Waals surface area contributed by atoms with Gasteiger partial charge in [-0.25, -0.2) is 4.79 Å². The first-order chi connectivity index (χ1) is 9.99. The summed E-state index contributed by atoms with van der Waals surface area (Å²) in [6.07, 6.45) is 2.42. The minimum atomic E-state index is -0.972. The molecule has 2 atom stereocenters. The molecule has 0 radical (unpaired) electrons. The number of aliphatic carboxylic acids is 1. The lowest BCUT2D eigenvalue weighted by Crippen LogP contribution is -2.54. The predicted molar refractivity (Wildman–Crippen MR) is 76.8 cm³/mol. The Morgan fingerprint density at radius 3 is 2.57 bits per heavy atom. The summed E-state index contributed by atoms with van der Waals surface area (Å²) in [5, 5.41) is 18.4. The van der Waals surface area contributed by atoms with E-state index in [4.69, 9.17) is 5.73 Å². The van der Waals surface area contributed by atoms with Gasteiger partial charge in [0.2, 0.25) is 5.91 Å². The van der Waals surface area contributed by atoms with Crippen molar-refractivity contribution in [3.8, 4) is 5.75 Å². The van der Waals surface area contributed by atoms with Gasteiger partial charge in [-0.1, -0.05) is 12.1 Å². The van der Waals surface area contributed by atoms with Gasteiger partial charge < -0.3 is 20.8 Å². The molecular weight excluding hydrogens is 272 g/mol. The standard InChI is InChI=1S/C15H20N2O4/c16-12(9-10-4-6-11(18)7-5-10)14(19)17-8-2-1-3-13(17)15(20)21/h4-7,12-13,18H,1-3,8-9,16H2,(H,20,21)/t12?,13-/m1/s1. The number of carbonyl (C=O) groups excluding carboxylic acids is 1. The third kappa shape index (κ3) is 3.72. The topological polar surface area (TPSA) is 104 Å². The summed E-state index contributed by atoms with van der Waals surface area (Å²) >= 11 is 0. The third-order valence-electron chi connectivity index (χ3n) is 3.78. The lowest BCUT2D eigenvalue weighted by atomic mass is 9.99. The van der Waals surface area contributed by atoms with Gasteiger partial charge in [0.25, 0.3) is 0 Å². The van der Waals surface area contributed by atoms with Crippen LogP contribution in [0.5, 0.6) is 5.75 Å². The average Bonchev–Trinajstić information content (AvgIpc) is 2.48. The molecule has 1 saturated heterocycles. The van der Waals surface area contributed by atoms with Crippen LogP contribution in [0, 0.1) is 0 Å². The van der Waals surface area contributed by atoms with Gasteiger partial charge in [0.1, 0.15) is 11.8 Å². The fraction of sp³-hybridized carbons (Fsp3) is 0.467. The van der Waals surface area contributed by atoms with Crippen molar-refractivity contribution in [2.75, 3.05) is 6.54 Å². The van der Waals surface area contributed by atoms with Gasteiger partial charge in [0.15, 0.2) is 0 Å². The average molecular weight is 292 g/mol. The summed E-state index contributed by atoms with van der Waals surface area (Å²) in [7, 11) is 0. The Kier molecular flexibility index (Phi) is 4.80. The van der Waals surface area contributed by atoms with E-state index in [1.165, 1.54) is 17.0 Å². The molecule has 1 fully saturated rings. The number of nitrogens with two attached hydrogens (primary N) is 1. The lowest BCUT2D eigenvalue weighted by Gasteiger charge is -2.34. The van der Waals surface area contributed by atoms with Gasteiger partial charge in [0.05, 0.1) is 6.04 Å². The van der Waals surface area contributed by atoms with Crippen LogP contribution in [0.15, 0.2) is 24.3 Å². The largest absolute Gasteiger partial charge is 0.508 e. The highest BCUT2D eigenvalue weighted by Gasteiger charge is 2.34. The maximum Gasteiger partial charge on any atom is 0.326 e. The first kappa shape index (κ1) is 15.3.